The number of nitrogens with zero attached hydrogens (tertiary/aromatic N) is 1. The molecule has 0 amide bonds. The van der Waals surface area contributed by atoms with Gasteiger partial charge in [-0.1, -0.05) is 75.2 Å². The fourth-order valence-electron chi connectivity index (χ4n) is 5.16. The second-order valence-corrected chi connectivity index (χ2v) is 9.30. The lowest BCUT2D eigenvalue weighted by atomic mass is 9.66. The maximum Gasteiger partial charge on any atom is 0.0689 e. The van der Waals surface area contributed by atoms with Crippen LogP contribution < -0.4 is 0 Å². The third-order valence-corrected chi connectivity index (χ3v) is 7.06. The Kier molecular flexibility index (Phi) is 8.11. The van der Waals surface area contributed by atoms with Crippen LogP contribution >= 0.6 is 0 Å². The molecule has 2 nitrogen and oxygen atoms in total. The Morgan fingerprint density at radius 2 is 1.73 bits per heavy atom. The normalized spacial score (nSPS) is 22.4. The standard InChI is InChI=1S/C28H37NO/c1-3-7-22(2)23-9-11-24(12-10-23)25-13-15-26(16-14-25)27-8-6-18-28(20-27,21-29)17-4-5-19-30/h9-16,22,27,30H,3-8,17-20H2,1-2H3. The SMILES string of the molecule is CCCC(C)c1ccc(-c2ccc(C3CCCC(C#N)(CCCCO)C3)cc2)cc1. The molecule has 30 heavy (non-hydrogen) atoms. The molecule has 1 saturated carbocycles. The van der Waals surface area contributed by atoms with Gasteiger partial charge in [0.25, 0.3) is 0 Å². The Hall–Kier alpha value is -2.11. The number of unbranched alkanes of at least 4 members (excludes halogenated alkanes) is 1. The Bertz CT molecular complexity index is 817. The highest BCUT2D eigenvalue weighted by molar-refractivity contribution is 5.64. The van der Waals surface area contributed by atoms with E-state index in [1.165, 1.54) is 41.5 Å². The van der Waals surface area contributed by atoms with Gasteiger partial charge in [-0.3, -0.25) is 0 Å². The molecule has 3 atom stereocenters. The highest BCUT2D eigenvalue weighted by Crippen LogP contribution is 2.46. The van der Waals surface area contributed by atoms with Crippen LogP contribution in [0.25, 0.3) is 11.1 Å². The summed E-state index contributed by atoms with van der Waals surface area (Å²) in [7, 11) is 0. The molecular weight excluding hydrogens is 366 g/mol. The molecular formula is C28H37NO. The molecule has 0 aromatic heterocycles. The summed E-state index contributed by atoms with van der Waals surface area (Å²) in [5.74, 6) is 1.09. The highest BCUT2D eigenvalue weighted by Gasteiger charge is 2.36. The Balaban J connectivity index is 1.68. The Morgan fingerprint density at radius 3 is 2.33 bits per heavy atom. The van der Waals surface area contributed by atoms with Gasteiger partial charge < -0.3 is 5.11 Å². The predicted molar refractivity (Wildman–Crippen MR) is 125 cm³/mol. The van der Waals surface area contributed by atoms with E-state index in [2.05, 4.69) is 68.4 Å². The maximum absolute atomic E-state index is 9.88. The zero-order valence-corrected chi connectivity index (χ0v) is 18.7. The van der Waals surface area contributed by atoms with Gasteiger partial charge in [0.2, 0.25) is 0 Å². The van der Waals surface area contributed by atoms with Crippen LogP contribution in [0.4, 0.5) is 0 Å². The van der Waals surface area contributed by atoms with Gasteiger partial charge in [0.15, 0.2) is 0 Å². The summed E-state index contributed by atoms with van der Waals surface area (Å²) < 4.78 is 0. The molecule has 1 N–H and O–H groups in total. The van der Waals surface area contributed by atoms with Crippen molar-refractivity contribution in [3.05, 3.63) is 59.7 Å². The molecule has 3 unspecified atom stereocenters. The van der Waals surface area contributed by atoms with E-state index in [0.29, 0.717) is 11.8 Å². The number of rotatable bonds is 9. The molecule has 1 aliphatic carbocycles. The van der Waals surface area contributed by atoms with Crippen molar-refractivity contribution in [2.24, 2.45) is 5.41 Å². The second-order valence-electron chi connectivity index (χ2n) is 9.30. The predicted octanol–water partition coefficient (Wildman–Crippen LogP) is 7.59. The van der Waals surface area contributed by atoms with Gasteiger partial charge in [0.1, 0.15) is 0 Å². The minimum Gasteiger partial charge on any atom is -0.396 e. The molecule has 2 heteroatoms. The molecule has 0 aliphatic heterocycles. The average Bonchev–Trinajstić information content (AvgIpc) is 2.80. The summed E-state index contributed by atoms with van der Waals surface area (Å²) in [4.78, 5) is 0. The summed E-state index contributed by atoms with van der Waals surface area (Å²) in [6, 6.07) is 20.7. The smallest absolute Gasteiger partial charge is 0.0689 e. The van der Waals surface area contributed by atoms with Crippen molar-refractivity contribution in [1.82, 2.24) is 0 Å². The summed E-state index contributed by atoms with van der Waals surface area (Å²) in [6.07, 6.45) is 9.39. The van der Waals surface area contributed by atoms with E-state index in [4.69, 9.17) is 5.11 Å². The van der Waals surface area contributed by atoms with E-state index in [0.717, 1.165) is 38.5 Å². The van der Waals surface area contributed by atoms with Crippen LogP contribution in [0.1, 0.15) is 94.6 Å². The first kappa shape index (κ1) is 22.6. The van der Waals surface area contributed by atoms with Crippen LogP contribution in [0, 0.1) is 16.7 Å². The summed E-state index contributed by atoms with van der Waals surface area (Å²) >= 11 is 0. The minimum absolute atomic E-state index is 0.207. The van der Waals surface area contributed by atoms with Crippen molar-refractivity contribution < 1.29 is 5.11 Å². The van der Waals surface area contributed by atoms with Crippen LogP contribution in [-0.2, 0) is 0 Å². The topological polar surface area (TPSA) is 44.0 Å². The molecule has 2 aromatic rings. The highest BCUT2D eigenvalue weighted by atomic mass is 16.2. The number of nitriles is 1. The molecule has 0 spiro atoms. The summed E-state index contributed by atoms with van der Waals surface area (Å²) in [5, 5.41) is 19.0. The number of benzene rings is 2. The molecule has 0 saturated heterocycles. The lowest BCUT2D eigenvalue weighted by molar-refractivity contribution is 0.208. The fraction of sp³-hybridized carbons (Fsp3) is 0.536. The lowest BCUT2D eigenvalue weighted by Crippen LogP contribution is -2.26. The van der Waals surface area contributed by atoms with Crippen LogP contribution in [-0.4, -0.2) is 11.7 Å². The van der Waals surface area contributed by atoms with Crippen molar-refractivity contribution in [1.29, 1.82) is 5.26 Å². The summed E-state index contributed by atoms with van der Waals surface area (Å²) in [6.45, 7) is 4.78. The third-order valence-electron chi connectivity index (χ3n) is 7.06. The minimum atomic E-state index is -0.207. The van der Waals surface area contributed by atoms with Gasteiger partial charge in [-0.25, -0.2) is 0 Å². The molecule has 0 bridgehead atoms. The van der Waals surface area contributed by atoms with Crippen LogP contribution in [0.2, 0.25) is 0 Å². The lowest BCUT2D eigenvalue weighted by Gasteiger charge is -2.36. The largest absolute Gasteiger partial charge is 0.396 e. The fourth-order valence-corrected chi connectivity index (χ4v) is 5.16. The quantitative estimate of drug-likeness (QED) is 0.438. The molecule has 160 valence electrons. The van der Waals surface area contributed by atoms with Crippen LogP contribution in [0.5, 0.6) is 0 Å². The first-order chi connectivity index (χ1) is 14.6. The molecule has 1 aliphatic rings. The Labute approximate surface area is 183 Å². The van der Waals surface area contributed by atoms with Crippen molar-refractivity contribution in [3.63, 3.8) is 0 Å². The third kappa shape index (κ3) is 5.52. The van der Waals surface area contributed by atoms with E-state index < -0.39 is 0 Å². The van der Waals surface area contributed by atoms with Gasteiger partial charge in [-0.15, -0.1) is 0 Å². The number of aliphatic hydroxyl groups excluding tert-OH is 1. The van der Waals surface area contributed by atoms with E-state index >= 15 is 0 Å². The van der Waals surface area contributed by atoms with Gasteiger partial charge in [0, 0.05) is 6.61 Å². The molecule has 0 heterocycles. The zero-order chi connectivity index (χ0) is 21.4. The van der Waals surface area contributed by atoms with Gasteiger partial charge in [-0.05, 0) is 79.0 Å². The van der Waals surface area contributed by atoms with Gasteiger partial charge in [-0.2, -0.15) is 5.26 Å². The Morgan fingerprint density at radius 1 is 1.07 bits per heavy atom. The van der Waals surface area contributed by atoms with Crippen LogP contribution in [0.15, 0.2) is 48.5 Å². The van der Waals surface area contributed by atoms with E-state index in [1.54, 1.807) is 0 Å². The van der Waals surface area contributed by atoms with E-state index in [1.807, 2.05) is 0 Å². The average molecular weight is 404 g/mol. The maximum atomic E-state index is 9.88. The first-order valence-corrected chi connectivity index (χ1v) is 11.8. The monoisotopic (exact) mass is 403 g/mol. The van der Waals surface area contributed by atoms with Crippen LogP contribution in [0.3, 0.4) is 0 Å². The number of hydrogen-bond donors (Lipinski definition) is 1. The first-order valence-electron chi connectivity index (χ1n) is 11.8. The zero-order valence-electron chi connectivity index (χ0n) is 18.7. The number of hydrogen-bond acceptors (Lipinski definition) is 2. The van der Waals surface area contributed by atoms with Crippen molar-refractivity contribution >= 4 is 0 Å². The molecule has 0 radical (unpaired) electrons. The molecule has 2 aromatic carbocycles. The van der Waals surface area contributed by atoms with Gasteiger partial charge >= 0.3 is 0 Å². The molecule has 1 fully saturated rings. The van der Waals surface area contributed by atoms with E-state index in [9.17, 15) is 5.26 Å². The molecule has 3 rings (SSSR count). The summed E-state index contributed by atoms with van der Waals surface area (Å²) in [5.41, 5.74) is 5.12. The van der Waals surface area contributed by atoms with Crippen molar-refractivity contribution in [2.75, 3.05) is 6.61 Å². The second kappa shape index (κ2) is 10.8. The number of aliphatic hydroxyl groups is 1. The van der Waals surface area contributed by atoms with E-state index in [-0.39, 0.29) is 12.0 Å². The van der Waals surface area contributed by atoms with Gasteiger partial charge in [0.05, 0.1) is 11.5 Å². The van der Waals surface area contributed by atoms with Crippen molar-refractivity contribution in [3.8, 4) is 17.2 Å². The van der Waals surface area contributed by atoms with Crippen molar-refractivity contribution in [2.45, 2.75) is 83.5 Å².